The van der Waals surface area contributed by atoms with Crippen LogP contribution in [0.4, 0.5) is 5.69 Å². The van der Waals surface area contributed by atoms with Gasteiger partial charge in [-0.2, -0.15) is 0 Å². The van der Waals surface area contributed by atoms with E-state index in [2.05, 4.69) is 20.4 Å². The lowest BCUT2D eigenvalue weighted by Gasteiger charge is -2.03. The topological polar surface area (TPSA) is 110 Å². The van der Waals surface area contributed by atoms with Crippen molar-refractivity contribution >= 4 is 23.4 Å². The smallest absolute Gasteiger partial charge is 0.337 e. The molecular formula is C10H10N5O4S+. The molecule has 0 amide bonds. The third-order valence-electron chi connectivity index (χ3n) is 2.35. The minimum Gasteiger partial charge on any atom is -0.478 e. The molecule has 10 heteroatoms. The van der Waals surface area contributed by atoms with E-state index in [4.69, 9.17) is 0 Å². The number of carboxylic acid groups (broad SMARTS) is 1. The fraction of sp³-hybridized carbons (Fsp3) is 0.200. The minimum atomic E-state index is -1.16. The molecule has 0 spiro atoms. The molecule has 0 radical (unpaired) electrons. The van der Waals surface area contributed by atoms with Gasteiger partial charge in [0.15, 0.2) is 7.11 Å². The number of rotatable bonds is 5. The summed E-state index contributed by atoms with van der Waals surface area (Å²) in [6, 6.07) is 4.18. The van der Waals surface area contributed by atoms with Gasteiger partial charge in [-0.15, -0.1) is 5.10 Å². The minimum absolute atomic E-state index is 0.0339. The monoisotopic (exact) mass is 296 g/mol. The van der Waals surface area contributed by atoms with Crippen LogP contribution in [0.15, 0.2) is 28.3 Å². The predicted octanol–water partition coefficient (Wildman–Crippen LogP) is 1.03. The highest BCUT2D eigenvalue weighted by Gasteiger charge is 2.21. The zero-order chi connectivity index (χ0) is 14.7. The summed E-state index contributed by atoms with van der Waals surface area (Å²) < 4.78 is 1.42. The van der Waals surface area contributed by atoms with Crippen molar-refractivity contribution in [1.82, 2.24) is 20.2 Å². The lowest BCUT2D eigenvalue weighted by Crippen LogP contribution is -2.04. The van der Waals surface area contributed by atoms with E-state index in [1.54, 1.807) is 7.05 Å². The van der Waals surface area contributed by atoms with Gasteiger partial charge in [0.05, 0.1) is 10.5 Å². The zero-order valence-corrected chi connectivity index (χ0v) is 11.4. The number of aromatic carboxylic acids is 1. The molecule has 0 atom stereocenters. The molecule has 0 saturated carbocycles. The van der Waals surface area contributed by atoms with Gasteiger partial charge in [0.1, 0.15) is 0 Å². The third kappa shape index (κ3) is 2.74. The standard InChI is InChI=1S/C10H9N5O4S/c1-14-10(11-12-13-14)20-8-4-3-6(15(18)19-2)5-7(8)9(16)17/h3-5H,1-2H3/p+1. The van der Waals surface area contributed by atoms with E-state index in [0.29, 0.717) is 10.1 Å². The molecule has 104 valence electrons. The number of hydrogen-bond acceptors (Lipinski definition) is 7. The summed E-state index contributed by atoms with van der Waals surface area (Å²) in [6.45, 7) is 0. The maximum atomic E-state index is 11.3. The second kappa shape index (κ2) is 5.65. The molecule has 0 bridgehead atoms. The Morgan fingerprint density at radius 2 is 2.25 bits per heavy atom. The van der Waals surface area contributed by atoms with Gasteiger partial charge >= 0.3 is 11.7 Å². The molecular weight excluding hydrogens is 286 g/mol. The van der Waals surface area contributed by atoms with Crippen molar-refractivity contribution < 1.29 is 19.7 Å². The largest absolute Gasteiger partial charge is 0.478 e. The van der Waals surface area contributed by atoms with Crippen LogP contribution in [0, 0.1) is 4.91 Å². The highest BCUT2D eigenvalue weighted by atomic mass is 32.2. The lowest BCUT2D eigenvalue weighted by atomic mass is 10.2. The normalized spacial score (nSPS) is 10.3. The highest BCUT2D eigenvalue weighted by molar-refractivity contribution is 7.99. The van der Waals surface area contributed by atoms with E-state index >= 15 is 0 Å². The summed E-state index contributed by atoms with van der Waals surface area (Å²) in [5, 5.41) is 20.5. The Morgan fingerprint density at radius 3 is 2.80 bits per heavy atom. The van der Waals surface area contributed by atoms with Crippen LogP contribution < -0.4 is 0 Å². The molecule has 1 aromatic heterocycles. The first kappa shape index (κ1) is 13.9. The Morgan fingerprint density at radius 1 is 1.50 bits per heavy atom. The fourth-order valence-electron chi connectivity index (χ4n) is 1.40. The lowest BCUT2D eigenvalue weighted by molar-refractivity contribution is -0.736. The first-order chi connectivity index (χ1) is 9.52. The summed E-state index contributed by atoms with van der Waals surface area (Å²) in [5.41, 5.74) is 0.0544. The zero-order valence-electron chi connectivity index (χ0n) is 10.5. The molecule has 0 saturated heterocycles. The number of carboxylic acids is 1. The molecule has 0 aliphatic heterocycles. The Bertz CT molecular complexity index is 671. The quantitative estimate of drug-likeness (QED) is 0.814. The van der Waals surface area contributed by atoms with E-state index in [-0.39, 0.29) is 16.2 Å². The highest BCUT2D eigenvalue weighted by Crippen LogP contribution is 2.30. The summed E-state index contributed by atoms with van der Waals surface area (Å²) in [5.74, 6) is -1.16. The number of carbonyl (C=O) groups is 1. The maximum Gasteiger partial charge on any atom is 0.337 e. The van der Waals surface area contributed by atoms with E-state index in [9.17, 15) is 14.8 Å². The van der Waals surface area contributed by atoms with Crippen LogP contribution in [0.1, 0.15) is 10.4 Å². The number of hydrogen-bond donors (Lipinski definition) is 1. The summed E-state index contributed by atoms with van der Waals surface area (Å²) >= 11 is 1.09. The second-order valence-electron chi connectivity index (χ2n) is 3.61. The van der Waals surface area contributed by atoms with Crippen molar-refractivity contribution in [3.05, 3.63) is 28.7 Å². The molecule has 2 aromatic rings. The van der Waals surface area contributed by atoms with Crippen molar-refractivity contribution in [2.24, 2.45) is 7.05 Å². The van der Waals surface area contributed by atoms with Crippen molar-refractivity contribution in [1.29, 1.82) is 0 Å². The summed E-state index contributed by atoms with van der Waals surface area (Å²) in [7, 11) is 2.84. The fourth-order valence-corrected chi connectivity index (χ4v) is 2.23. The molecule has 1 N–H and O–H groups in total. The van der Waals surface area contributed by atoms with Crippen LogP contribution in [-0.2, 0) is 11.9 Å². The van der Waals surface area contributed by atoms with Crippen LogP contribution in [-0.4, -0.2) is 43.3 Å². The Kier molecular flexibility index (Phi) is 3.94. The first-order valence-corrected chi connectivity index (χ1v) is 6.13. The molecule has 9 nitrogen and oxygen atoms in total. The van der Waals surface area contributed by atoms with Gasteiger partial charge in [-0.1, -0.05) is 0 Å². The molecule has 2 rings (SSSR count). The summed E-state index contributed by atoms with van der Waals surface area (Å²) in [6.07, 6.45) is 0. The van der Waals surface area contributed by atoms with Gasteiger partial charge < -0.3 is 5.11 Å². The Hall–Kier alpha value is -2.49. The van der Waals surface area contributed by atoms with Gasteiger partial charge in [-0.05, 0) is 28.3 Å². The van der Waals surface area contributed by atoms with E-state index in [1.165, 1.54) is 30.0 Å². The van der Waals surface area contributed by atoms with Gasteiger partial charge in [-0.3, -0.25) is 0 Å². The first-order valence-electron chi connectivity index (χ1n) is 5.32. The number of aromatic nitrogens is 4. The average molecular weight is 296 g/mol. The summed E-state index contributed by atoms with van der Waals surface area (Å²) in [4.78, 5) is 27.7. The molecule has 1 heterocycles. The molecule has 20 heavy (non-hydrogen) atoms. The average Bonchev–Trinajstić information content (AvgIpc) is 2.83. The number of nitrogens with zero attached hydrogens (tertiary/aromatic N) is 5. The molecule has 0 fully saturated rings. The molecule has 1 aromatic carbocycles. The predicted molar refractivity (Wildman–Crippen MR) is 66.6 cm³/mol. The van der Waals surface area contributed by atoms with Crippen LogP contribution in [0.3, 0.4) is 0 Å². The number of aryl methyl sites for hydroxylation is 1. The molecule has 0 unspecified atom stereocenters. The SMILES string of the molecule is CO[N+](=O)c1ccc(Sc2nnnn2C)c(C(=O)O)c1. The van der Waals surface area contributed by atoms with Crippen molar-refractivity contribution in [2.45, 2.75) is 10.1 Å². The van der Waals surface area contributed by atoms with Crippen molar-refractivity contribution in [3.63, 3.8) is 0 Å². The van der Waals surface area contributed by atoms with Crippen LogP contribution in [0.5, 0.6) is 0 Å². The van der Waals surface area contributed by atoms with E-state index in [0.717, 1.165) is 11.8 Å². The van der Waals surface area contributed by atoms with Crippen LogP contribution in [0.2, 0.25) is 0 Å². The Balaban J connectivity index is 2.40. The molecule has 0 aliphatic carbocycles. The molecule has 0 aliphatic rings. The number of benzene rings is 1. The number of tetrazole rings is 1. The third-order valence-corrected chi connectivity index (χ3v) is 3.46. The van der Waals surface area contributed by atoms with Crippen LogP contribution >= 0.6 is 11.8 Å². The maximum absolute atomic E-state index is 11.3. The second-order valence-corrected chi connectivity index (χ2v) is 4.62. The Labute approximate surface area is 117 Å². The van der Waals surface area contributed by atoms with E-state index in [1.807, 2.05) is 0 Å². The van der Waals surface area contributed by atoms with Crippen LogP contribution in [0.25, 0.3) is 0 Å². The van der Waals surface area contributed by atoms with Gasteiger partial charge in [-0.25, -0.2) is 14.3 Å². The van der Waals surface area contributed by atoms with Crippen molar-refractivity contribution in [2.75, 3.05) is 7.11 Å². The van der Waals surface area contributed by atoms with Crippen molar-refractivity contribution in [3.8, 4) is 0 Å². The van der Waals surface area contributed by atoms with Gasteiger partial charge in [0.2, 0.25) is 5.16 Å². The van der Waals surface area contributed by atoms with Gasteiger partial charge in [0.25, 0.3) is 4.92 Å². The van der Waals surface area contributed by atoms with Gasteiger partial charge in [0, 0.05) is 24.1 Å². The van der Waals surface area contributed by atoms with E-state index < -0.39 is 5.97 Å².